The van der Waals surface area contributed by atoms with Crippen molar-refractivity contribution in [1.29, 1.82) is 0 Å². The van der Waals surface area contributed by atoms with Crippen molar-refractivity contribution in [2.75, 3.05) is 14.2 Å². The minimum atomic E-state index is -4.96. The molecular weight excluding hydrogens is 399 g/mol. The molecule has 1 aliphatic rings. The van der Waals surface area contributed by atoms with E-state index in [2.05, 4.69) is 19.5 Å². The van der Waals surface area contributed by atoms with Crippen molar-refractivity contribution in [1.82, 2.24) is 5.32 Å². The maximum absolute atomic E-state index is 12.9. The molecule has 0 spiro atoms. The molecule has 1 heterocycles. The first-order valence-corrected chi connectivity index (χ1v) is 8.39. The van der Waals surface area contributed by atoms with Gasteiger partial charge >= 0.3 is 18.7 Å². The van der Waals surface area contributed by atoms with Crippen LogP contribution in [0.5, 0.6) is 5.75 Å². The van der Waals surface area contributed by atoms with Gasteiger partial charge in [0.1, 0.15) is 17.6 Å². The van der Waals surface area contributed by atoms with Crippen LogP contribution >= 0.6 is 0 Å². The van der Waals surface area contributed by atoms with E-state index in [4.69, 9.17) is 9.47 Å². The van der Waals surface area contributed by atoms with Crippen LogP contribution in [0.4, 0.5) is 22.8 Å². The van der Waals surface area contributed by atoms with E-state index in [1.165, 1.54) is 18.2 Å². The lowest BCUT2D eigenvalue weighted by Crippen LogP contribution is -2.48. The summed E-state index contributed by atoms with van der Waals surface area (Å²) in [4.78, 5) is 23.5. The summed E-state index contributed by atoms with van der Waals surface area (Å²) in [5.74, 6) is -1.73. The van der Waals surface area contributed by atoms with E-state index in [1.54, 1.807) is 13.8 Å². The summed E-state index contributed by atoms with van der Waals surface area (Å²) in [7, 11) is 2.17. The van der Waals surface area contributed by atoms with Crippen LogP contribution in [0.1, 0.15) is 25.3 Å². The fraction of sp³-hybridized carbons (Fsp3) is 0.444. The van der Waals surface area contributed by atoms with Gasteiger partial charge in [-0.3, -0.25) is 0 Å². The van der Waals surface area contributed by atoms with Crippen LogP contribution in [0.2, 0.25) is 0 Å². The summed E-state index contributed by atoms with van der Waals surface area (Å²) < 4.78 is 62.3. The Balaban J connectivity index is 2.62. The number of methoxy groups -OCH3 is 2. The van der Waals surface area contributed by atoms with Gasteiger partial charge in [-0.05, 0) is 19.9 Å². The molecule has 2 rings (SSSR count). The largest absolute Gasteiger partial charge is 0.573 e. The lowest BCUT2D eigenvalue weighted by atomic mass is 9.84. The van der Waals surface area contributed by atoms with Gasteiger partial charge in [-0.15, -0.1) is 13.2 Å². The lowest BCUT2D eigenvalue weighted by molar-refractivity contribution is -0.275. The molecule has 0 aromatic heterocycles. The van der Waals surface area contributed by atoms with Crippen LogP contribution in [0.25, 0.3) is 0 Å². The second kappa shape index (κ2) is 8.93. The van der Waals surface area contributed by atoms with Crippen molar-refractivity contribution in [3.63, 3.8) is 0 Å². The molecule has 1 aliphatic heterocycles. The maximum atomic E-state index is 12.9. The maximum Gasteiger partial charge on any atom is 0.573 e. The van der Waals surface area contributed by atoms with Gasteiger partial charge in [0.25, 0.3) is 0 Å². The number of rotatable bonds is 4. The van der Waals surface area contributed by atoms with Gasteiger partial charge in [0.15, 0.2) is 0 Å². The van der Waals surface area contributed by atoms with Gasteiger partial charge in [-0.2, -0.15) is 0 Å². The zero-order chi connectivity index (χ0) is 21.8. The highest BCUT2D eigenvalue weighted by molar-refractivity contribution is 5.63. The number of carbonyl (C=O) groups excluding carboxylic acids is 2. The molecule has 0 radical (unpaired) electrons. The van der Waals surface area contributed by atoms with E-state index in [9.17, 15) is 22.8 Å². The number of alkyl halides is 3. The number of allylic oxidation sites excluding steroid dienone is 1. The van der Waals surface area contributed by atoms with Crippen molar-refractivity contribution in [3.8, 4) is 5.75 Å². The summed E-state index contributed by atoms with van der Waals surface area (Å²) in [5, 5.41) is 2.96. The van der Waals surface area contributed by atoms with E-state index in [0.717, 1.165) is 20.3 Å². The smallest absolute Gasteiger partial charge is 0.438 e. The van der Waals surface area contributed by atoms with Crippen molar-refractivity contribution in [2.45, 2.75) is 38.3 Å². The summed E-state index contributed by atoms with van der Waals surface area (Å²) in [6, 6.07) is 4.72. The highest BCUT2D eigenvalue weighted by atomic mass is 19.4. The molecule has 0 aliphatic carbocycles. The molecule has 29 heavy (non-hydrogen) atoms. The molecule has 3 atom stereocenters. The van der Waals surface area contributed by atoms with Crippen LogP contribution in [0, 0.1) is 0 Å². The van der Waals surface area contributed by atoms with Crippen molar-refractivity contribution in [3.05, 3.63) is 41.3 Å². The number of halogens is 3. The minimum absolute atomic E-state index is 0.00895. The monoisotopic (exact) mass is 419 g/mol. The van der Waals surface area contributed by atoms with E-state index >= 15 is 0 Å². The molecule has 0 saturated heterocycles. The van der Waals surface area contributed by atoms with Crippen LogP contribution < -0.4 is 10.1 Å². The number of hydrogen-bond acceptors (Lipinski definition) is 8. The van der Waals surface area contributed by atoms with Crippen LogP contribution in [-0.4, -0.2) is 45.0 Å². The highest BCUT2D eigenvalue weighted by Gasteiger charge is 2.44. The zero-order valence-electron chi connectivity index (χ0n) is 16.0. The fourth-order valence-corrected chi connectivity index (χ4v) is 3.04. The van der Waals surface area contributed by atoms with E-state index in [1.807, 2.05) is 0 Å². The van der Waals surface area contributed by atoms with E-state index < -0.39 is 42.5 Å². The Labute approximate surface area is 164 Å². The highest BCUT2D eigenvalue weighted by Crippen LogP contribution is 2.42. The third-order valence-electron chi connectivity index (χ3n) is 4.16. The first-order valence-electron chi connectivity index (χ1n) is 8.39. The number of ether oxygens (including phenoxy) is 5. The third-order valence-corrected chi connectivity index (χ3v) is 4.16. The predicted molar refractivity (Wildman–Crippen MR) is 91.9 cm³/mol. The molecule has 1 aromatic carbocycles. The number of carbonyl (C=O) groups is 2. The van der Waals surface area contributed by atoms with Gasteiger partial charge in [-0.1, -0.05) is 18.2 Å². The zero-order valence-corrected chi connectivity index (χ0v) is 16.0. The topological polar surface area (TPSA) is 92.3 Å². The van der Waals surface area contributed by atoms with E-state index in [0.29, 0.717) is 5.70 Å². The van der Waals surface area contributed by atoms with E-state index in [-0.39, 0.29) is 11.3 Å². The Bertz CT molecular complexity index is 794. The van der Waals surface area contributed by atoms with Gasteiger partial charge in [0, 0.05) is 11.3 Å². The quantitative estimate of drug-likeness (QED) is 0.737. The van der Waals surface area contributed by atoms with Crippen molar-refractivity contribution in [2.24, 2.45) is 0 Å². The van der Waals surface area contributed by atoms with Crippen LogP contribution in [0.3, 0.4) is 0 Å². The molecule has 3 unspecified atom stereocenters. The van der Waals surface area contributed by atoms with Crippen LogP contribution in [-0.2, 0) is 18.9 Å². The first-order chi connectivity index (χ1) is 13.6. The van der Waals surface area contributed by atoms with Gasteiger partial charge in [0.05, 0.1) is 26.2 Å². The molecule has 0 bridgehead atoms. The minimum Gasteiger partial charge on any atom is -0.438 e. The Hall–Kier alpha value is -3.11. The average Bonchev–Trinajstić information content (AvgIpc) is 2.64. The molecule has 160 valence electrons. The second-order valence-electron chi connectivity index (χ2n) is 6.08. The molecular formula is C18H20F3NO7. The fourth-order valence-electron chi connectivity index (χ4n) is 3.04. The summed E-state index contributed by atoms with van der Waals surface area (Å²) in [5.41, 5.74) is 0.338. The Morgan fingerprint density at radius 1 is 1.07 bits per heavy atom. The lowest BCUT2D eigenvalue weighted by Gasteiger charge is -2.38. The molecule has 1 aromatic rings. The third kappa shape index (κ3) is 5.46. The van der Waals surface area contributed by atoms with Gasteiger partial charge in [0.2, 0.25) is 0 Å². The molecule has 0 fully saturated rings. The summed E-state index contributed by atoms with van der Waals surface area (Å²) in [6.07, 6.45) is -8.20. The van der Waals surface area contributed by atoms with Crippen LogP contribution in [0.15, 0.2) is 35.7 Å². The number of para-hydroxylation sites is 1. The molecule has 11 heteroatoms. The second-order valence-corrected chi connectivity index (χ2v) is 6.08. The van der Waals surface area contributed by atoms with Crippen molar-refractivity contribution >= 4 is 12.3 Å². The first kappa shape index (κ1) is 22.2. The van der Waals surface area contributed by atoms with Crippen molar-refractivity contribution < 1.29 is 46.4 Å². The summed E-state index contributed by atoms with van der Waals surface area (Å²) >= 11 is 0. The normalized spacial score (nSPS) is 21.7. The molecule has 1 N–H and O–H groups in total. The predicted octanol–water partition coefficient (Wildman–Crippen LogP) is 3.83. The SMILES string of the molecule is COC(=O)OC1=C(C)NC(C)C(OC(=O)OC)C1c1ccccc1OC(F)(F)F. The average molecular weight is 419 g/mol. The standard InChI is InChI=1S/C18H20F3NO7/c1-9-14(27-16(23)25-3)13(15(10(2)22-9)28-17(24)26-4)11-7-5-6-8-12(11)29-18(19,20)21/h5-9,13-14,22H,1-4H3. The Kier molecular flexibility index (Phi) is 6.83. The van der Waals surface area contributed by atoms with Gasteiger partial charge in [-0.25, -0.2) is 9.59 Å². The molecule has 8 nitrogen and oxygen atoms in total. The number of hydrogen-bond donors (Lipinski definition) is 1. The Morgan fingerprint density at radius 3 is 2.28 bits per heavy atom. The summed E-state index contributed by atoms with van der Waals surface area (Å²) in [6.45, 7) is 3.20. The van der Waals surface area contributed by atoms with Gasteiger partial charge < -0.3 is 29.0 Å². The number of nitrogens with one attached hydrogen (secondary N) is 1. The molecule has 0 amide bonds. The number of benzene rings is 1. The Morgan fingerprint density at radius 2 is 1.69 bits per heavy atom. The molecule has 0 saturated carbocycles.